The van der Waals surface area contributed by atoms with E-state index in [4.69, 9.17) is 4.74 Å². The maximum atomic E-state index is 13.0. The molecule has 1 aliphatic heterocycles. The fourth-order valence-electron chi connectivity index (χ4n) is 2.22. The summed E-state index contributed by atoms with van der Waals surface area (Å²) in [6.45, 7) is 4.51. The topological polar surface area (TPSA) is 62.7 Å². The van der Waals surface area contributed by atoms with Crippen molar-refractivity contribution in [1.82, 2.24) is 9.88 Å². The Morgan fingerprint density at radius 3 is 2.45 bits per heavy atom. The number of rotatable bonds is 1. The Kier molecular flexibility index (Phi) is 3.85. The van der Waals surface area contributed by atoms with Crippen molar-refractivity contribution in [2.75, 3.05) is 13.1 Å². The van der Waals surface area contributed by atoms with Gasteiger partial charge in [-0.1, -0.05) is 0 Å². The molecular formula is C14H17F3N2O3. The van der Waals surface area contributed by atoms with Gasteiger partial charge in [0.2, 0.25) is 0 Å². The second-order valence-electron chi connectivity index (χ2n) is 6.29. The Balaban J connectivity index is 2.15. The van der Waals surface area contributed by atoms with Gasteiger partial charge >= 0.3 is 12.3 Å². The van der Waals surface area contributed by atoms with Gasteiger partial charge in [0, 0.05) is 18.0 Å². The number of hydrogen-bond donors (Lipinski definition) is 1. The van der Waals surface area contributed by atoms with Crippen molar-refractivity contribution in [1.29, 1.82) is 0 Å². The molecule has 122 valence electrons. The van der Waals surface area contributed by atoms with E-state index in [-0.39, 0.29) is 18.7 Å². The standard InChI is InChI=1S/C14H17F3N2O3/c1-12(2,3)22-11(20)19-7-13(21,8-19)10-6-18-5-4-9(10)14(15,16)17/h4-6,21H,7-8H2,1-3H3. The number of amides is 1. The predicted octanol–water partition coefficient (Wildman–Crippen LogP) is 2.54. The minimum Gasteiger partial charge on any atom is -0.444 e. The average molecular weight is 318 g/mol. The van der Waals surface area contributed by atoms with E-state index in [0.717, 1.165) is 23.4 Å². The summed E-state index contributed by atoms with van der Waals surface area (Å²) in [5, 5.41) is 10.4. The normalized spacial score (nSPS) is 17.9. The zero-order valence-corrected chi connectivity index (χ0v) is 12.4. The van der Waals surface area contributed by atoms with Crippen LogP contribution in [0.25, 0.3) is 0 Å². The van der Waals surface area contributed by atoms with Crippen LogP contribution in [0.2, 0.25) is 0 Å². The molecule has 1 fully saturated rings. The van der Waals surface area contributed by atoms with Gasteiger partial charge in [0.25, 0.3) is 0 Å². The summed E-state index contributed by atoms with van der Waals surface area (Å²) >= 11 is 0. The molecule has 1 aromatic heterocycles. The summed E-state index contributed by atoms with van der Waals surface area (Å²) in [6.07, 6.45) is -3.27. The molecule has 0 spiro atoms. The molecule has 1 aliphatic rings. The Labute approximate surface area is 125 Å². The molecule has 1 N–H and O–H groups in total. The van der Waals surface area contributed by atoms with Crippen LogP contribution in [0.1, 0.15) is 31.9 Å². The van der Waals surface area contributed by atoms with Gasteiger partial charge in [-0.05, 0) is 26.8 Å². The van der Waals surface area contributed by atoms with Crippen molar-refractivity contribution in [2.45, 2.75) is 38.1 Å². The Morgan fingerprint density at radius 2 is 1.95 bits per heavy atom. The van der Waals surface area contributed by atoms with Gasteiger partial charge in [0.1, 0.15) is 11.2 Å². The van der Waals surface area contributed by atoms with Gasteiger partial charge in [0.05, 0.1) is 18.7 Å². The number of halogens is 3. The lowest BCUT2D eigenvalue weighted by atomic mass is 9.84. The number of β-amino-alcohol motifs (C(OH)–C–C–N with tert-alkyl or cyclic N) is 1. The van der Waals surface area contributed by atoms with Gasteiger partial charge in [-0.25, -0.2) is 4.79 Å². The molecule has 22 heavy (non-hydrogen) atoms. The molecule has 2 heterocycles. The highest BCUT2D eigenvalue weighted by Crippen LogP contribution is 2.40. The van der Waals surface area contributed by atoms with Gasteiger partial charge in [-0.3, -0.25) is 4.98 Å². The van der Waals surface area contributed by atoms with E-state index in [1.54, 1.807) is 20.8 Å². The highest BCUT2D eigenvalue weighted by molar-refractivity contribution is 5.70. The van der Waals surface area contributed by atoms with Crippen LogP contribution >= 0.6 is 0 Å². The summed E-state index contributed by atoms with van der Waals surface area (Å²) < 4.78 is 44.0. The fourth-order valence-corrected chi connectivity index (χ4v) is 2.22. The van der Waals surface area contributed by atoms with Gasteiger partial charge in [0.15, 0.2) is 0 Å². The molecule has 0 saturated carbocycles. The van der Waals surface area contributed by atoms with E-state index in [2.05, 4.69) is 4.98 Å². The smallest absolute Gasteiger partial charge is 0.416 e. The molecule has 1 saturated heterocycles. The number of carbonyl (C=O) groups excluding carboxylic acids is 1. The Bertz CT molecular complexity index is 575. The summed E-state index contributed by atoms with van der Waals surface area (Å²) in [5.74, 6) is 0. The van der Waals surface area contributed by atoms with Crippen LogP contribution in [0.4, 0.5) is 18.0 Å². The first-order chi connectivity index (χ1) is 9.92. The molecule has 0 radical (unpaired) electrons. The molecule has 1 aromatic rings. The summed E-state index contributed by atoms with van der Waals surface area (Å²) in [5.41, 5.74) is -3.76. The maximum Gasteiger partial charge on any atom is 0.416 e. The zero-order chi connectivity index (χ0) is 16.8. The number of aromatic nitrogens is 1. The lowest BCUT2D eigenvalue weighted by molar-refractivity contribution is -0.146. The second kappa shape index (κ2) is 5.12. The number of hydrogen-bond acceptors (Lipinski definition) is 4. The molecule has 5 nitrogen and oxygen atoms in total. The number of aliphatic hydroxyl groups is 1. The van der Waals surface area contributed by atoms with Crippen molar-refractivity contribution in [2.24, 2.45) is 0 Å². The van der Waals surface area contributed by atoms with Crippen molar-refractivity contribution in [3.8, 4) is 0 Å². The third-order valence-electron chi connectivity index (χ3n) is 3.18. The second-order valence-corrected chi connectivity index (χ2v) is 6.29. The van der Waals surface area contributed by atoms with Crippen molar-refractivity contribution >= 4 is 6.09 Å². The van der Waals surface area contributed by atoms with Crippen LogP contribution < -0.4 is 0 Å². The van der Waals surface area contributed by atoms with E-state index < -0.39 is 29.0 Å². The van der Waals surface area contributed by atoms with Crippen LogP contribution in [0.15, 0.2) is 18.5 Å². The first kappa shape index (κ1) is 16.5. The minimum absolute atomic E-state index is 0.267. The number of alkyl halides is 3. The molecule has 0 aliphatic carbocycles. The molecule has 0 bridgehead atoms. The third kappa shape index (κ3) is 3.32. The monoisotopic (exact) mass is 318 g/mol. The number of pyridine rings is 1. The molecule has 0 unspecified atom stereocenters. The largest absolute Gasteiger partial charge is 0.444 e. The van der Waals surface area contributed by atoms with E-state index >= 15 is 0 Å². The molecule has 2 rings (SSSR count). The van der Waals surface area contributed by atoms with Crippen LogP contribution in [0, 0.1) is 0 Å². The highest BCUT2D eigenvalue weighted by atomic mass is 19.4. The van der Waals surface area contributed by atoms with Crippen LogP contribution in [0.3, 0.4) is 0 Å². The summed E-state index contributed by atoms with van der Waals surface area (Å²) in [4.78, 5) is 16.6. The quantitative estimate of drug-likeness (QED) is 0.864. The first-order valence-electron chi connectivity index (χ1n) is 6.64. The summed E-state index contributed by atoms with van der Waals surface area (Å²) in [7, 11) is 0. The highest BCUT2D eigenvalue weighted by Gasteiger charge is 2.50. The molecule has 0 atom stereocenters. The molecular weight excluding hydrogens is 301 g/mol. The Morgan fingerprint density at radius 1 is 1.36 bits per heavy atom. The zero-order valence-electron chi connectivity index (χ0n) is 12.4. The van der Waals surface area contributed by atoms with E-state index in [1.807, 2.05) is 0 Å². The van der Waals surface area contributed by atoms with E-state index in [1.165, 1.54) is 0 Å². The fraction of sp³-hybridized carbons (Fsp3) is 0.571. The van der Waals surface area contributed by atoms with Crippen LogP contribution in [0.5, 0.6) is 0 Å². The SMILES string of the molecule is CC(C)(C)OC(=O)N1CC(O)(c2cnccc2C(F)(F)F)C1. The predicted molar refractivity (Wildman–Crippen MR) is 70.9 cm³/mol. The van der Waals surface area contributed by atoms with Gasteiger partial charge in [-0.2, -0.15) is 13.2 Å². The average Bonchev–Trinajstić information content (AvgIpc) is 2.31. The lowest BCUT2D eigenvalue weighted by Gasteiger charge is -2.47. The van der Waals surface area contributed by atoms with Crippen molar-refractivity contribution in [3.05, 3.63) is 29.6 Å². The maximum absolute atomic E-state index is 13.0. The van der Waals surface area contributed by atoms with Crippen LogP contribution in [-0.2, 0) is 16.5 Å². The number of likely N-dealkylation sites (tertiary alicyclic amines) is 1. The van der Waals surface area contributed by atoms with E-state index in [0.29, 0.717) is 0 Å². The van der Waals surface area contributed by atoms with Gasteiger partial charge < -0.3 is 14.7 Å². The third-order valence-corrected chi connectivity index (χ3v) is 3.18. The first-order valence-corrected chi connectivity index (χ1v) is 6.64. The molecule has 1 amide bonds. The van der Waals surface area contributed by atoms with Gasteiger partial charge in [-0.15, -0.1) is 0 Å². The number of ether oxygens (including phenoxy) is 1. The van der Waals surface area contributed by atoms with Crippen molar-refractivity contribution < 1.29 is 27.8 Å². The van der Waals surface area contributed by atoms with Crippen LogP contribution in [-0.4, -0.2) is 39.8 Å². The lowest BCUT2D eigenvalue weighted by Crippen LogP contribution is -2.62. The number of carbonyl (C=O) groups is 1. The Hall–Kier alpha value is -1.83. The molecule has 8 heteroatoms. The minimum atomic E-state index is -4.60. The van der Waals surface area contributed by atoms with E-state index in [9.17, 15) is 23.1 Å². The van der Waals surface area contributed by atoms with Crippen molar-refractivity contribution in [3.63, 3.8) is 0 Å². The number of nitrogens with zero attached hydrogens (tertiary/aromatic N) is 2. The molecule has 0 aromatic carbocycles. The summed E-state index contributed by atoms with van der Waals surface area (Å²) in [6, 6.07) is 0.809.